The molecule has 0 heterocycles. The van der Waals surface area contributed by atoms with Gasteiger partial charge in [-0.25, -0.2) is 0 Å². The van der Waals surface area contributed by atoms with E-state index in [1.54, 1.807) is 0 Å². The first-order valence-corrected chi connectivity index (χ1v) is 14.2. The molecule has 0 amide bonds. The van der Waals surface area contributed by atoms with Gasteiger partial charge in [0.25, 0.3) is 0 Å². The minimum atomic E-state index is -1.11. The third-order valence-corrected chi connectivity index (χ3v) is 7.73. The maximum atomic E-state index is 4.82. The predicted octanol–water partition coefficient (Wildman–Crippen LogP) is 2.16. The Morgan fingerprint density at radius 1 is 0.789 bits per heavy atom. The zero-order valence-corrected chi connectivity index (χ0v) is 17.8. The first-order valence-electron chi connectivity index (χ1n) is 7.30. The van der Waals surface area contributed by atoms with Crippen molar-refractivity contribution in [3.63, 3.8) is 0 Å². The molecule has 0 unspecified atom stereocenters. The van der Waals surface area contributed by atoms with E-state index in [1.807, 2.05) is 0 Å². The molecular formula is C14H37LiN2Si2. The van der Waals surface area contributed by atoms with Gasteiger partial charge in [0.1, 0.15) is 0 Å². The molecule has 0 aromatic carbocycles. The van der Waals surface area contributed by atoms with E-state index in [4.69, 9.17) is 4.65 Å². The van der Waals surface area contributed by atoms with Crippen LogP contribution in [0.3, 0.4) is 0 Å². The zero-order chi connectivity index (χ0) is 15.1. The van der Waals surface area contributed by atoms with Crippen LogP contribution in [0.5, 0.6) is 0 Å². The second-order valence-electron chi connectivity index (χ2n) is 7.47. The van der Waals surface area contributed by atoms with E-state index in [9.17, 15) is 0 Å². The van der Waals surface area contributed by atoms with Crippen molar-refractivity contribution in [3.8, 4) is 0 Å². The summed E-state index contributed by atoms with van der Waals surface area (Å²) in [5.74, 6) is 0. The van der Waals surface area contributed by atoms with Crippen molar-refractivity contribution in [2.24, 2.45) is 0 Å². The summed E-state index contributed by atoms with van der Waals surface area (Å²) in [4.78, 5) is 2.46. The van der Waals surface area contributed by atoms with Crippen LogP contribution >= 0.6 is 0 Å². The van der Waals surface area contributed by atoms with Gasteiger partial charge >= 0.3 is 18.9 Å². The number of hydrogen-bond acceptors (Lipinski definition) is 1. The Labute approximate surface area is 137 Å². The monoisotopic (exact) mass is 296 g/mol. The molecule has 0 aliphatic heterocycles. The van der Waals surface area contributed by atoms with Crippen molar-refractivity contribution in [1.29, 1.82) is 0 Å². The summed E-state index contributed by atoms with van der Waals surface area (Å²) in [6.07, 6.45) is 0. The van der Waals surface area contributed by atoms with Crippen LogP contribution in [0.2, 0.25) is 39.3 Å². The van der Waals surface area contributed by atoms with E-state index >= 15 is 0 Å². The Balaban J connectivity index is -0.000000256. The summed E-state index contributed by atoms with van der Waals surface area (Å²) >= 11 is 0. The second-order valence-corrected chi connectivity index (χ2v) is 17.0. The van der Waals surface area contributed by atoms with Crippen LogP contribution in [0, 0.1) is 0 Å². The van der Waals surface area contributed by atoms with Gasteiger partial charge in [-0.05, 0) is 34.2 Å². The normalized spacial score (nSPS) is 12.3. The molecule has 0 bridgehead atoms. The van der Waals surface area contributed by atoms with Crippen molar-refractivity contribution in [3.05, 3.63) is 4.65 Å². The predicted molar refractivity (Wildman–Crippen MR) is 92.7 cm³/mol. The zero-order valence-electron chi connectivity index (χ0n) is 15.8. The molecule has 5 heteroatoms. The largest absolute Gasteiger partial charge is 1.00 e. The maximum Gasteiger partial charge on any atom is 1.00 e. The van der Waals surface area contributed by atoms with E-state index in [-0.39, 0.29) is 18.9 Å². The van der Waals surface area contributed by atoms with Crippen LogP contribution in [0.15, 0.2) is 0 Å². The van der Waals surface area contributed by atoms with E-state index < -0.39 is 16.5 Å². The Hall–Kier alpha value is 0.951. The molecule has 0 saturated carbocycles. The van der Waals surface area contributed by atoms with Crippen LogP contribution in [-0.2, 0) is 0 Å². The summed E-state index contributed by atoms with van der Waals surface area (Å²) in [6.45, 7) is 26.1. The molecule has 0 rings (SSSR count). The van der Waals surface area contributed by atoms with Gasteiger partial charge in [0.2, 0.25) is 0 Å². The Kier molecular flexibility index (Phi) is 14.0. The van der Waals surface area contributed by atoms with Crippen LogP contribution < -0.4 is 18.9 Å². The molecular weight excluding hydrogens is 259 g/mol. The third-order valence-electron chi connectivity index (χ3n) is 2.36. The average molecular weight is 297 g/mol. The topological polar surface area (TPSA) is 17.3 Å². The molecule has 112 valence electrons. The van der Waals surface area contributed by atoms with Crippen molar-refractivity contribution >= 4 is 16.5 Å². The van der Waals surface area contributed by atoms with E-state index in [0.29, 0.717) is 12.1 Å². The Morgan fingerprint density at radius 3 is 1.05 bits per heavy atom. The number of rotatable bonds is 5. The number of hydrogen-bond donors (Lipinski definition) is 0. The van der Waals surface area contributed by atoms with Gasteiger partial charge in [-0.2, -0.15) is 0 Å². The van der Waals surface area contributed by atoms with Crippen LogP contribution in [0.25, 0.3) is 4.65 Å². The first-order chi connectivity index (χ1) is 7.80. The molecule has 0 aliphatic rings. The third kappa shape index (κ3) is 19.0. The molecule has 0 radical (unpaired) electrons. The minimum absolute atomic E-state index is 0. The second kappa shape index (κ2) is 10.6. The van der Waals surface area contributed by atoms with Gasteiger partial charge in [-0.1, -0.05) is 62.7 Å². The van der Waals surface area contributed by atoms with E-state index in [0.717, 1.165) is 6.54 Å². The molecule has 2 nitrogen and oxygen atoms in total. The molecule has 0 aliphatic carbocycles. The fourth-order valence-electron chi connectivity index (χ4n) is 2.33. The fraction of sp³-hybridized carbons (Fsp3) is 1.00. The Bertz CT molecular complexity index is 188. The van der Waals surface area contributed by atoms with Crippen LogP contribution in [0.4, 0.5) is 0 Å². The van der Waals surface area contributed by atoms with E-state index in [2.05, 4.69) is 78.8 Å². The van der Waals surface area contributed by atoms with Crippen LogP contribution in [-0.4, -0.2) is 40.0 Å². The smallest absolute Gasteiger partial charge is 0.668 e. The molecule has 0 saturated heterocycles. The van der Waals surface area contributed by atoms with Gasteiger partial charge in [-0.15, -0.1) is 0 Å². The van der Waals surface area contributed by atoms with Crippen molar-refractivity contribution in [2.45, 2.75) is 86.0 Å². The summed E-state index contributed by atoms with van der Waals surface area (Å²) in [6, 6.07) is 1.38. The van der Waals surface area contributed by atoms with Crippen molar-refractivity contribution in [2.75, 3.05) is 6.54 Å². The molecule has 0 aromatic rings. The van der Waals surface area contributed by atoms with Gasteiger partial charge in [0, 0.05) is 12.1 Å². The minimum Gasteiger partial charge on any atom is -0.668 e. The molecule has 19 heavy (non-hydrogen) atoms. The molecule has 0 N–H and O–H groups in total. The first kappa shape index (κ1) is 24.9. The molecule has 0 aromatic heterocycles. The molecule has 0 fully saturated rings. The molecule has 0 atom stereocenters. The Morgan fingerprint density at radius 2 is 1.05 bits per heavy atom. The van der Waals surface area contributed by atoms with Gasteiger partial charge in [-0.3, -0.25) is 4.90 Å². The van der Waals surface area contributed by atoms with Crippen molar-refractivity contribution in [1.82, 2.24) is 4.90 Å². The average Bonchev–Trinajstić information content (AvgIpc) is 1.96. The van der Waals surface area contributed by atoms with E-state index in [1.165, 1.54) is 0 Å². The van der Waals surface area contributed by atoms with Gasteiger partial charge in [0.15, 0.2) is 0 Å². The standard InChI is InChI=1S/C8H19N.C6H18NSi2.Li/c1-6-9(7(2)3)8(4)5;1-8(2,3)7-9(4,5)6;/h7-8H,6H2,1-5H3;1-6H3;/q;-1;+1. The fourth-order valence-corrected chi connectivity index (χ4v) is 10.4. The van der Waals surface area contributed by atoms with Gasteiger partial charge in [0.05, 0.1) is 0 Å². The van der Waals surface area contributed by atoms with Crippen LogP contribution in [0.1, 0.15) is 34.6 Å². The summed E-state index contributed by atoms with van der Waals surface area (Å²) < 4.78 is 4.82. The summed E-state index contributed by atoms with van der Waals surface area (Å²) in [5, 5.41) is 0. The summed E-state index contributed by atoms with van der Waals surface area (Å²) in [7, 11) is -2.21. The van der Waals surface area contributed by atoms with Gasteiger partial charge < -0.3 is 4.65 Å². The van der Waals surface area contributed by atoms with Crippen molar-refractivity contribution < 1.29 is 18.9 Å². The summed E-state index contributed by atoms with van der Waals surface area (Å²) in [5.41, 5.74) is 0. The SMILES string of the molecule is CCN(C(C)C)C(C)C.C[Si](C)(C)[N-][Si](C)(C)C.[Li+]. The quantitative estimate of drug-likeness (QED) is 0.711. The number of nitrogens with zero attached hydrogens (tertiary/aromatic N) is 2. The molecule has 0 spiro atoms. The maximum absolute atomic E-state index is 4.82.